The number of benzene rings is 1. The number of carbonyl (C=O) groups excluding carboxylic acids is 2. The summed E-state index contributed by atoms with van der Waals surface area (Å²) in [6.07, 6.45) is 4.25. The van der Waals surface area contributed by atoms with Gasteiger partial charge >= 0.3 is 0 Å². The van der Waals surface area contributed by atoms with E-state index in [9.17, 15) is 14.0 Å². The van der Waals surface area contributed by atoms with E-state index in [1.807, 2.05) is 35.0 Å². The second kappa shape index (κ2) is 9.53. The fraction of sp³-hybridized carbons (Fsp3) is 0.304. The van der Waals surface area contributed by atoms with Crippen molar-refractivity contribution in [2.45, 2.75) is 44.2 Å². The highest BCUT2D eigenvalue weighted by atomic mass is 32.1. The summed E-state index contributed by atoms with van der Waals surface area (Å²) in [6, 6.07) is 12.7. The van der Waals surface area contributed by atoms with Crippen LogP contribution in [0.2, 0.25) is 0 Å². The first-order valence-corrected chi connectivity index (χ1v) is 11.8. The molecule has 1 N–H and O–H groups in total. The van der Waals surface area contributed by atoms with Gasteiger partial charge in [0.2, 0.25) is 11.8 Å². The third-order valence-corrected chi connectivity index (χ3v) is 7.08. The molecule has 30 heavy (non-hydrogen) atoms. The molecular weight excluding hydrogens is 419 g/mol. The van der Waals surface area contributed by atoms with E-state index in [1.54, 1.807) is 12.1 Å². The first-order valence-electron chi connectivity index (χ1n) is 10.1. The Morgan fingerprint density at radius 3 is 2.50 bits per heavy atom. The molecule has 1 aliphatic rings. The van der Waals surface area contributed by atoms with E-state index in [2.05, 4.69) is 5.32 Å². The predicted molar refractivity (Wildman–Crippen MR) is 119 cm³/mol. The lowest BCUT2D eigenvalue weighted by Crippen LogP contribution is -2.46. The van der Waals surface area contributed by atoms with Gasteiger partial charge in [0.15, 0.2) is 0 Å². The van der Waals surface area contributed by atoms with Crippen LogP contribution in [0.4, 0.5) is 10.1 Å². The van der Waals surface area contributed by atoms with Gasteiger partial charge in [0, 0.05) is 21.5 Å². The van der Waals surface area contributed by atoms with Crippen molar-refractivity contribution in [1.29, 1.82) is 0 Å². The lowest BCUT2D eigenvalue weighted by molar-refractivity contribution is -0.126. The minimum atomic E-state index is -0.833. The first kappa shape index (κ1) is 20.8. The van der Waals surface area contributed by atoms with E-state index in [-0.39, 0.29) is 24.3 Å². The molecule has 0 aliphatic heterocycles. The standard InChI is InChI=1S/C23H23FN2O2S2/c24-16-6-3-9-18(14-16)26(21(27)15-19-10-4-12-29-19)22(20-11-5-13-30-20)23(28)25-17-7-1-2-8-17/h3-6,9-14,17,22H,1-2,7-8,15H2,(H,25,28). The molecule has 1 aliphatic carbocycles. The molecule has 4 rings (SSSR count). The van der Waals surface area contributed by atoms with Crippen LogP contribution in [-0.2, 0) is 16.0 Å². The maximum atomic E-state index is 14.1. The smallest absolute Gasteiger partial charge is 0.248 e. The quantitative estimate of drug-likeness (QED) is 0.538. The van der Waals surface area contributed by atoms with Crippen molar-refractivity contribution < 1.29 is 14.0 Å². The van der Waals surface area contributed by atoms with Gasteiger partial charge < -0.3 is 5.32 Å². The van der Waals surface area contributed by atoms with Crippen molar-refractivity contribution in [3.63, 3.8) is 0 Å². The normalized spacial score (nSPS) is 15.1. The summed E-state index contributed by atoms with van der Waals surface area (Å²) in [5.74, 6) is -0.890. The van der Waals surface area contributed by atoms with E-state index < -0.39 is 11.9 Å². The molecule has 0 saturated heterocycles. The lowest BCUT2D eigenvalue weighted by Gasteiger charge is -2.31. The van der Waals surface area contributed by atoms with Gasteiger partial charge in [-0.15, -0.1) is 22.7 Å². The van der Waals surface area contributed by atoms with Gasteiger partial charge in [-0.3, -0.25) is 14.5 Å². The Morgan fingerprint density at radius 2 is 1.83 bits per heavy atom. The van der Waals surface area contributed by atoms with E-state index in [1.165, 1.54) is 39.7 Å². The van der Waals surface area contributed by atoms with Crippen molar-refractivity contribution in [3.8, 4) is 0 Å². The third-order valence-electron chi connectivity index (χ3n) is 5.28. The van der Waals surface area contributed by atoms with Gasteiger partial charge in [-0.05, 0) is 53.9 Å². The molecule has 1 aromatic carbocycles. The van der Waals surface area contributed by atoms with Crippen LogP contribution < -0.4 is 10.2 Å². The zero-order valence-corrected chi connectivity index (χ0v) is 18.1. The van der Waals surface area contributed by atoms with Gasteiger partial charge in [0.25, 0.3) is 0 Å². The Bertz CT molecular complexity index is 983. The van der Waals surface area contributed by atoms with Crippen LogP contribution in [0.1, 0.15) is 41.5 Å². The van der Waals surface area contributed by atoms with Gasteiger partial charge in [-0.2, -0.15) is 0 Å². The average molecular weight is 443 g/mol. The number of rotatable bonds is 7. The van der Waals surface area contributed by atoms with E-state index >= 15 is 0 Å². The second-order valence-corrected chi connectivity index (χ2v) is 9.42. The van der Waals surface area contributed by atoms with Crippen molar-refractivity contribution in [2.24, 2.45) is 0 Å². The molecule has 156 valence electrons. The third kappa shape index (κ3) is 4.79. The van der Waals surface area contributed by atoms with Crippen LogP contribution in [-0.4, -0.2) is 17.9 Å². The summed E-state index contributed by atoms with van der Waals surface area (Å²) >= 11 is 2.92. The molecular formula is C23H23FN2O2S2. The van der Waals surface area contributed by atoms with Crippen molar-refractivity contribution in [1.82, 2.24) is 5.32 Å². The molecule has 0 radical (unpaired) electrons. The van der Waals surface area contributed by atoms with Crippen LogP contribution >= 0.6 is 22.7 Å². The number of hydrogen-bond donors (Lipinski definition) is 1. The highest BCUT2D eigenvalue weighted by Crippen LogP contribution is 2.32. The number of carbonyl (C=O) groups is 2. The molecule has 2 heterocycles. The summed E-state index contributed by atoms with van der Waals surface area (Å²) in [4.78, 5) is 30.0. The van der Waals surface area contributed by atoms with Crippen molar-refractivity contribution in [3.05, 3.63) is 74.9 Å². The van der Waals surface area contributed by atoms with Crippen LogP contribution in [0.15, 0.2) is 59.3 Å². The molecule has 4 nitrogen and oxygen atoms in total. The van der Waals surface area contributed by atoms with E-state index in [0.29, 0.717) is 5.69 Å². The Hall–Kier alpha value is -2.51. The van der Waals surface area contributed by atoms with Crippen molar-refractivity contribution in [2.75, 3.05) is 4.90 Å². The summed E-state index contributed by atoms with van der Waals surface area (Å²) in [7, 11) is 0. The molecule has 0 bridgehead atoms. The zero-order chi connectivity index (χ0) is 20.9. The van der Waals surface area contributed by atoms with E-state index in [0.717, 1.165) is 35.4 Å². The summed E-state index contributed by atoms with van der Waals surface area (Å²) in [5, 5.41) is 6.93. The predicted octanol–water partition coefficient (Wildman–Crippen LogP) is 5.32. The summed E-state index contributed by atoms with van der Waals surface area (Å²) in [5.41, 5.74) is 0.386. The minimum Gasteiger partial charge on any atom is -0.351 e. The number of halogens is 1. The number of nitrogens with zero attached hydrogens (tertiary/aromatic N) is 1. The van der Waals surface area contributed by atoms with Crippen LogP contribution in [0, 0.1) is 5.82 Å². The van der Waals surface area contributed by atoms with Gasteiger partial charge in [0.1, 0.15) is 11.9 Å². The number of nitrogens with one attached hydrogen (secondary N) is 1. The maximum absolute atomic E-state index is 14.1. The average Bonchev–Trinajstić information content (AvgIpc) is 3.49. The molecule has 1 fully saturated rings. The number of anilines is 1. The fourth-order valence-electron chi connectivity index (χ4n) is 3.88. The molecule has 3 aromatic rings. The number of hydrogen-bond acceptors (Lipinski definition) is 4. The van der Waals surface area contributed by atoms with Gasteiger partial charge in [-0.25, -0.2) is 4.39 Å². The zero-order valence-electron chi connectivity index (χ0n) is 16.4. The lowest BCUT2D eigenvalue weighted by atomic mass is 10.1. The van der Waals surface area contributed by atoms with Gasteiger partial charge in [-0.1, -0.05) is 31.0 Å². The van der Waals surface area contributed by atoms with Crippen LogP contribution in [0.25, 0.3) is 0 Å². The number of amides is 2. The minimum absolute atomic E-state index is 0.127. The molecule has 2 amide bonds. The topological polar surface area (TPSA) is 49.4 Å². The molecule has 1 atom stereocenters. The SMILES string of the molecule is O=C(NC1CCCC1)C(c1cccs1)N(C(=O)Cc1cccs1)c1cccc(F)c1. The Balaban J connectivity index is 1.71. The van der Waals surface area contributed by atoms with Crippen LogP contribution in [0.3, 0.4) is 0 Å². The largest absolute Gasteiger partial charge is 0.351 e. The Morgan fingerprint density at radius 1 is 1.07 bits per heavy atom. The molecule has 1 saturated carbocycles. The maximum Gasteiger partial charge on any atom is 0.248 e. The molecule has 2 aromatic heterocycles. The monoisotopic (exact) mass is 442 g/mol. The van der Waals surface area contributed by atoms with E-state index in [4.69, 9.17) is 0 Å². The summed E-state index contributed by atoms with van der Waals surface area (Å²) in [6.45, 7) is 0. The fourth-order valence-corrected chi connectivity index (χ4v) is 5.39. The van der Waals surface area contributed by atoms with Gasteiger partial charge in [0.05, 0.1) is 6.42 Å². The van der Waals surface area contributed by atoms with Crippen molar-refractivity contribution >= 4 is 40.2 Å². The highest BCUT2D eigenvalue weighted by Gasteiger charge is 2.35. The Labute approximate surface area is 183 Å². The molecule has 1 unspecified atom stereocenters. The highest BCUT2D eigenvalue weighted by molar-refractivity contribution is 7.10. The Kier molecular flexibility index (Phi) is 6.59. The summed E-state index contributed by atoms with van der Waals surface area (Å²) < 4.78 is 14.1. The number of thiophene rings is 2. The molecule has 7 heteroatoms. The molecule has 0 spiro atoms. The van der Waals surface area contributed by atoms with Crippen LogP contribution in [0.5, 0.6) is 0 Å². The second-order valence-electron chi connectivity index (χ2n) is 7.41. The first-order chi connectivity index (χ1) is 14.6.